The van der Waals surface area contributed by atoms with Crippen LogP contribution < -0.4 is 10.4 Å². The van der Waals surface area contributed by atoms with Crippen LogP contribution in [0.5, 0.6) is 0 Å². The van der Waals surface area contributed by atoms with E-state index in [9.17, 15) is 0 Å². The average molecular weight is 461 g/mol. The molecular weight excluding hydrogens is 424 g/mol. The summed E-state index contributed by atoms with van der Waals surface area (Å²) in [6.45, 7) is 16.1. The molecule has 0 saturated heterocycles. The topological polar surface area (TPSA) is 27.7 Å². The van der Waals surface area contributed by atoms with Crippen LogP contribution in [0.15, 0.2) is 72.8 Å². The van der Waals surface area contributed by atoms with Gasteiger partial charge in [-0.05, 0) is 41.3 Å². The fraction of sp³-hybridized carbons (Fsp3) is 0.462. The first-order chi connectivity index (χ1) is 14.8. The molecule has 0 N–H and O–H groups in total. The maximum atomic E-state index is 7.14. The van der Waals surface area contributed by atoms with Gasteiger partial charge >= 0.3 is 0 Å². The molecule has 0 aliphatic heterocycles. The fourth-order valence-corrected chi connectivity index (χ4v) is 9.00. The Labute approximate surface area is 194 Å². The van der Waals surface area contributed by atoms with Crippen LogP contribution in [0.3, 0.4) is 0 Å². The molecule has 0 unspecified atom stereocenters. The van der Waals surface area contributed by atoms with E-state index in [4.69, 9.17) is 25.5 Å². The molecule has 31 heavy (non-hydrogen) atoms. The van der Waals surface area contributed by atoms with Gasteiger partial charge in [-0.25, -0.2) is 0 Å². The molecular formula is C26H37ClO3Si. The zero-order valence-corrected chi connectivity index (χ0v) is 21.3. The molecule has 1 atom stereocenters. The Bertz CT molecular complexity index is 744. The van der Waals surface area contributed by atoms with Crippen LogP contribution in [-0.2, 0) is 13.9 Å². The third-order valence-electron chi connectivity index (χ3n) is 5.39. The zero-order valence-electron chi connectivity index (χ0n) is 19.6. The van der Waals surface area contributed by atoms with E-state index in [2.05, 4.69) is 75.9 Å². The van der Waals surface area contributed by atoms with Gasteiger partial charge in [0.2, 0.25) is 0 Å². The minimum atomic E-state index is -2.68. The van der Waals surface area contributed by atoms with E-state index in [1.807, 2.05) is 26.0 Å². The molecule has 0 aromatic heterocycles. The van der Waals surface area contributed by atoms with E-state index in [0.717, 1.165) is 5.57 Å². The van der Waals surface area contributed by atoms with Crippen molar-refractivity contribution in [1.82, 2.24) is 0 Å². The Hall–Kier alpha value is -1.43. The highest BCUT2D eigenvalue weighted by Gasteiger charge is 2.51. The van der Waals surface area contributed by atoms with Crippen molar-refractivity contribution in [3.8, 4) is 0 Å². The van der Waals surface area contributed by atoms with Crippen LogP contribution in [-0.4, -0.2) is 39.8 Å². The Kier molecular flexibility index (Phi) is 9.98. The van der Waals surface area contributed by atoms with Crippen LogP contribution in [0.4, 0.5) is 0 Å². The predicted molar refractivity (Wildman–Crippen MR) is 134 cm³/mol. The van der Waals surface area contributed by atoms with Crippen molar-refractivity contribution < 1.29 is 13.9 Å². The molecule has 0 saturated carbocycles. The van der Waals surface area contributed by atoms with Gasteiger partial charge in [0.05, 0.1) is 6.10 Å². The van der Waals surface area contributed by atoms with E-state index < -0.39 is 14.6 Å². The van der Waals surface area contributed by atoms with Crippen molar-refractivity contribution in [2.45, 2.75) is 58.5 Å². The summed E-state index contributed by atoms with van der Waals surface area (Å²) in [4.78, 5) is 0. The summed E-state index contributed by atoms with van der Waals surface area (Å²) in [5, 5.41) is 2.36. The lowest BCUT2D eigenvalue weighted by molar-refractivity contribution is -0.113. The van der Waals surface area contributed by atoms with Crippen LogP contribution in [0, 0.1) is 0 Å². The Morgan fingerprint density at radius 2 is 1.35 bits per heavy atom. The van der Waals surface area contributed by atoms with Gasteiger partial charge in [-0.3, -0.25) is 0 Å². The number of alkyl halides is 1. The summed E-state index contributed by atoms with van der Waals surface area (Å²) in [5.74, 6) is 0.370. The molecule has 2 aromatic rings. The van der Waals surface area contributed by atoms with Crippen LogP contribution >= 0.6 is 11.6 Å². The van der Waals surface area contributed by atoms with Crippen molar-refractivity contribution in [2.75, 3.05) is 19.1 Å². The van der Waals surface area contributed by atoms with Gasteiger partial charge in [0.1, 0.15) is 0 Å². The van der Waals surface area contributed by atoms with Gasteiger partial charge in [0, 0.05) is 19.1 Å². The lowest BCUT2D eigenvalue weighted by atomic mass is 10.1. The highest BCUT2D eigenvalue weighted by atomic mass is 35.5. The largest absolute Gasteiger partial charge is 0.403 e. The Morgan fingerprint density at radius 1 is 0.903 bits per heavy atom. The second-order valence-electron chi connectivity index (χ2n) is 8.66. The minimum absolute atomic E-state index is 0.111. The Morgan fingerprint density at radius 3 is 1.71 bits per heavy atom. The van der Waals surface area contributed by atoms with Crippen LogP contribution in [0.25, 0.3) is 0 Å². The van der Waals surface area contributed by atoms with Crippen molar-refractivity contribution in [2.24, 2.45) is 0 Å². The third kappa shape index (κ3) is 6.30. The molecule has 170 valence electrons. The molecule has 0 fully saturated rings. The lowest BCUT2D eigenvalue weighted by Crippen LogP contribution is -2.67. The van der Waals surface area contributed by atoms with Gasteiger partial charge in [-0.15, -0.1) is 11.6 Å². The van der Waals surface area contributed by atoms with Crippen molar-refractivity contribution in [1.29, 1.82) is 0 Å². The van der Waals surface area contributed by atoms with Crippen molar-refractivity contribution in [3.63, 3.8) is 0 Å². The second-order valence-corrected chi connectivity index (χ2v) is 13.2. The molecule has 2 aromatic carbocycles. The SMILES string of the molecule is C=C(C[C@@H](CCl)O[Si](c1ccccc1)(c1ccccc1)C(C)(C)C)C(OCC)OCC. The van der Waals surface area contributed by atoms with E-state index in [1.165, 1.54) is 10.4 Å². The summed E-state index contributed by atoms with van der Waals surface area (Å²) in [5.41, 5.74) is 0.854. The van der Waals surface area contributed by atoms with E-state index >= 15 is 0 Å². The van der Waals surface area contributed by atoms with Crippen LogP contribution in [0.2, 0.25) is 5.04 Å². The Balaban J connectivity index is 2.48. The quantitative estimate of drug-likeness (QED) is 0.181. The van der Waals surface area contributed by atoms with Crippen LogP contribution in [0.1, 0.15) is 41.0 Å². The van der Waals surface area contributed by atoms with Gasteiger partial charge in [0.15, 0.2) is 6.29 Å². The first kappa shape index (κ1) is 25.8. The molecule has 0 aliphatic rings. The van der Waals surface area contributed by atoms with E-state index in [-0.39, 0.29) is 11.1 Å². The molecule has 0 aliphatic carbocycles. The average Bonchev–Trinajstić information content (AvgIpc) is 2.76. The lowest BCUT2D eigenvalue weighted by Gasteiger charge is -2.45. The van der Waals surface area contributed by atoms with Gasteiger partial charge in [-0.2, -0.15) is 0 Å². The zero-order chi connectivity index (χ0) is 22.9. The number of ether oxygens (including phenoxy) is 2. The fourth-order valence-electron chi connectivity index (χ4n) is 4.04. The third-order valence-corrected chi connectivity index (χ3v) is 10.8. The first-order valence-electron chi connectivity index (χ1n) is 11.1. The number of benzene rings is 2. The summed E-state index contributed by atoms with van der Waals surface area (Å²) in [6.07, 6.45) is -0.0640. The molecule has 0 spiro atoms. The van der Waals surface area contributed by atoms with E-state index in [0.29, 0.717) is 25.5 Å². The number of rotatable bonds is 12. The van der Waals surface area contributed by atoms with Gasteiger partial charge in [-0.1, -0.05) is 88.0 Å². The number of hydrogen-bond acceptors (Lipinski definition) is 3. The highest BCUT2D eigenvalue weighted by Crippen LogP contribution is 2.38. The van der Waals surface area contributed by atoms with Gasteiger partial charge < -0.3 is 13.9 Å². The molecule has 2 rings (SSSR count). The smallest absolute Gasteiger partial charge is 0.261 e. The summed E-state index contributed by atoms with van der Waals surface area (Å²) >= 11 is 6.48. The molecule has 3 nitrogen and oxygen atoms in total. The first-order valence-corrected chi connectivity index (χ1v) is 13.5. The standard InChI is InChI=1S/C26H37ClO3Si/c1-7-28-25(29-8-2)21(3)19-22(20-27)30-31(26(4,5)6,23-15-11-9-12-16-23)24-17-13-10-14-18-24/h9-18,22,25H,3,7-8,19-20H2,1-2,4-6H3/t22-/m0/s1. The summed E-state index contributed by atoms with van der Waals surface area (Å²) in [6, 6.07) is 21.2. The molecule has 0 amide bonds. The van der Waals surface area contributed by atoms with Gasteiger partial charge in [0.25, 0.3) is 8.32 Å². The van der Waals surface area contributed by atoms with Crippen molar-refractivity contribution >= 4 is 30.3 Å². The predicted octanol–water partition coefficient (Wildman–Crippen LogP) is 5.52. The molecule has 5 heteroatoms. The van der Waals surface area contributed by atoms with E-state index in [1.54, 1.807) is 0 Å². The minimum Gasteiger partial charge on any atom is -0.403 e. The molecule has 0 heterocycles. The maximum absolute atomic E-state index is 7.14. The summed E-state index contributed by atoms with van der Waals surface area (Å²) < 4.78 is 18.6. The second kappa shape index (κ2) is 12.0. The highest BCUT2D eigenvalue weighted by molar-refractivity contribution is 6.99. The number of halogens is 1. The normalized spacial score (nSPS) is 13.4. The summed E-state index contributed by atoms with van der Waals surface area (Å²) in [7, 11) is -2.68. The van der Waals surface area contributed by atoms with Crippen molar-refractivity contribution in [3.05, 3.63) is 72.8 Å². The number of hydrogen-bond donors (Lipinski definition) is 0. The monoisotopic (exact) mass is 460 g/mol. The molecule has 0 bridgehead atoms. The maximum Gasteiger partial charge on any atom is 0.261 e. The molecule has 0 radical (unpaired) electrons.